The van der Waals surface area contributed by atoms with Gasteiger partial charge in [-0.1, -0.05) is 0 Å². The second kappa shape index (κ2) is 26.6. The van der Waals surface area contributed by atoms with E-state index in [0.29, 0.717) is 0 Å². The van der Waals surface area contributed by atoms with Crippen LogP contribution in [-0.4, -0.2) is 67.1 Å². The van der Waals surface area contributed by atoms with Crippen molar-refractivity contribution in [2.24, 2.45) is 0 Å². The number of rotatable bonds is 0. The van der Waals surface area contributed by atoms with Crippen LogP contribution in [0.15, 0.2) is 0 Å². The minimum atomic E-state index is -4.89. The summed E-state index contributed by atoms with van der Waals surface area (Å²) in [6.45, 7) is 0. The summed E-state index contributed by atoms with van der Waals surface area (Å²) >= 11 is 0. The molecule has 0 radical (unpaired) electrons. The van der Waals surface area contributed by atoms with Crippen LogP contribution in [0, 0.1) is 0 Å². The van der Waals surface area contributed by atoms with Crippen molar-refractivity contribution in [3.63, 3.8) is 0 Å². The Balaban J connectivity index is -0.0000000294. The van der Waals surface area contributed by atoms with Crippen molar-refractivity contribution in [2.75, 3.05) is 0 Å². The maximum Gasteiger partial charge on any atom is 3.00 e. The molecule has 0 aliphatic carbocycles. The molecular formula is H12BKO24P6Zn. The van der Waals surface area contributed by atoms with Crippen LogP contribution in [0.1, 0.15) is 0 Å². The summed E-state index contributed by atoms with van der Waals surface area (Å²) in [6.07, 6.45) is 0. The van der Waals surface area contributed by atoms with E-state index in [1.807, 2.05) is 0 Å². The van der Waals surface area contributed by atoms with E-state index in [4.69, 9.17) is 115 Å². The van der Waals surface area contributed by atoms with Crippen LogP contribution in [0.2, 0.25) is 0 Å². The summed E-state index contributed by atoms with van der Waals surface area (Å²) in [5, 5.41) is 0. The van der Waals surface area contributed by atoms with Crippen molar-refractivity contribution in [2.45, 2.75) is 0 Å². The molecule has 0 aromatic carbocycles. The van der Waals surface area contributed by atoms with Crippen molar-refractivity contribution < 1.29 is 186 Å². The monoisotopic (exact) mass is 696 g/mol. The molecular weight excluding hydrogens is 685 g/mol. The van der Waals surface area contributed by atoms with Gasteiger partial charge in [0.05, 0.1) is 0 Å². The van der Waals surface area contributed by atoms with Gasteiger partial charge in [0.2, 0.25) is 0 Å². The minimum Gasteiger partial charge on any atom is -0.756 e. The van der Waals surface area contributed by atoms with Crippen molar-refractivity contribution in [3.05, 3.63) is 0 Å². The molecule has 0 fully saturated rings. The van der Waals surface area contributed by atoms with E-state index in [1.165, 1.54) is 0 Å². The first-order valence-electron chi connectivity index (χ1n) is 4.59. The van der Waals surface area contributed by atoms with Gasteiger partial charge in [-0.25, -0.2) is 0 Å². The average Bonchev–Trinajstić information content (AvgIpc) is 1.94. The van der Waals surface area contributed by atoms with Gasteiger partial charge >= 0.3 is 79.3 Å². The van der Waals surface area contributed by atoms with Crippen LogP contribution < -0.4 is 80.7 Å². The predicted octanol–water partition coefficient (Wildman–Crippen LogP) is -12.7. The van der Waals surface area contributed by atoms with E-state index in [1.54, 1.807) is 0 Å². The summed E-state index contributed by atoms with van der Waals surface area (Å²) < 4.78 is 52.6. The third-order valence-electron chi connectivity index (χ3n) is 0. The zero-order valence-electron chi connectivity index (χ0n) is 15.2. The number of hydrogen-bond acceptors (Lipinski definition) is 12. The molecule has 0 heterocycles. The predicted molar refractivity (Wildman–Crippen MR) is 78.0 cm³/mol. The van der Waals surface area contributed by atoms with Crippen LogP contribution in [0.25, 0.3) is 0 Å². The van der Waals surface area contributed by atoms with Gasteiger partial charge in [0.1, 0.15) is 0 Å². The van der Waals surface area contributed by atoms with Crippen molar-refractivity contribution in [3.8, 4) is 0 Å². The molecule has 33 heavy (non-hydrogen) atoms. The van der Waals surface area contributed by atoms with Gasteiger partial charge in [0, 0.05) is 0 Å². The summed E-state index contributed by atoms with van der Waals surface area (Å²) in [4.78, 5) is 138. The molecule has 0 saturated heterocycles. The normalized spacial score (nSPS) is 10.7. The first-order valence-corrected chi connectivity index (χ1v) is 13.8. The van der Waals surface area contributed by atoms with Crippen molar-refractivity contribution >= 4 is 55.3 Å². The summed E-state index contributed by atoms with van der Waals surface area (Å²) in [5.41, 5.74) is 0. The standard InChI is InChI=1S/B.K.6H3O4P.Zn/c;;6*1-5(2,3)4;/h;;6*(H3,1,2,3,4);/q+3;+1;;;;;;;+2/p-6. The van der Waals surface area contributed by atoms with Gasteiger partial charge in [-0.2, -0.15) is 0 Å². The molecule has 0 aliphatic rings. The Morgan fingerprint density at radius 2 is 0.333 bits per heavy atom. The maximum atomic E-state index is 8.77. The van der Waals surface area contributed by atoms with Crippen LogP contribution in [0.3, 0.4) is 0 Å². The molecule has 0 unspecified atom stereocenters. The molecule has 0 amide bonds. The minimum absolute atomic E-state index is 0. The Bertz CT molecular complexity index is 473. The molecule has 0 aliphatic heterocycles. The molecule has 24 nitrogen and oxygen atoms in total. The van der Waals surface area contributed by atoms with Gasteiger partial charge in [-0.3, -0.25) is 27.4 Å². The second-order valence-electron chi connectivity index (χ2n) is 2.94. The fourth-order valence-corrected chi connectivity index (χ4v) is 0. The smallest absolute Gasteiger partial charge is 0.756 e. The second-order valence-corrected chi connectivity index (χ2v) is 8.83. The Kier molecular flexibility index (Phi) is 48.7. The fourth-order valence-electron chi connectivity index (χ4n) is 0. The number of hydrogen-bond donors (Lipinski definition) is 12. The molecule has 12 N–H and O–H groups in total. The zero-order valence-corrected chi connectivity index (χ0v) is 26.7. The molecule has 0 saturated carbocycles. The van der Waals surface area contributed by atoms with E-state index in [9.17, 15) is 0 Å². The van der Waals surface area contributed by atoms with E-state index in [-0.39, 0.29) is 79.3 Å². The van der Waals surface area contributed by atoms with Gasteiger partial charge in [0.25, 0.3) is 46.9 Å². The van der Waals surface area contributed by atoms with Gasteiger partial charge < -0.3 is 88.1 Å². The van der Waals surface area contributed by atoms with Gasteiger partial charge in [-0.15, -0.1) is 0 Å². The van der Waals surface area contributed by atoms with Crippen LogP contribution in [0.5, 0.6) is 0 Å². The maximum absolute atomic E-state index is 8.77. The van der Waals surface area contributed by atoms with Crippen LogP contribution in [-0.2, 0) is 46.9 Å². The molecule has 33 heteroatoms. The van der Waals surface area contributed by atoms with Gasteiger partial charge in [-0.05, 0) is 0 Å². The summed E-state index contributed by atoms with van der Waals surface area (Å²) in [6, 6.07) is 0. The third kappa shape index (κ3) is 4270. The largest absolute Gasteiger partial charge is 3.00 e. The molecule has 0 atom stereocenters. The molecule has 0 aromatic heterocycles. The van der Waals surface area contributed by atoms with E-state index in [0.717, 1.165) is 0 Å². The van der Waals surface area contributed by atoms with Crippen LogP contribution in [0.4, 0.5) is 0 Å². The van der Waals surface area contributed by atoms with Crippen LogP contribution >= 0.6 is 46.9 Å². The number of phosphoric acid groups is 6. The summed E-state index contributed by atoms with van der Waals surface area (Å²) in [5.74, 6) is 0. The Labute approximate surface area is 239 Å². The zero-order chi connectivity index (χ0) is 27.0. The quantitative estimate of drug-likeness (QED) is 0.0825. The Morgan fingerprint density at radius 3 is 0.333 bits per heavy atom. The topological polar surface area (TPSA) is 484 Å². The van der Waals surface area contributed by atoms with E-state index in [2.05, 4.69) is 0 Å². The van der Waals surface area contributed by atoms with E-state index >= 15 is 0 Å². The Morgan fingerprint density at radius 1 is 0.333 bits per heavy atom. The first-order chi connectivity index (χ1) is 12.0. The van der Waals surface area contributed by atoms with Crippen molar-refractivity contribution in [1.82, 2.24) is 0 Å². The SMILES string of the molecule is O=P([O-])(O)O.O=P([O-])(O)O.O=P([O-])(O)O.O=P([O-])(O)O.O=P([O-])(O)O.O=P([O-])(O)O.[B+3].[K+].[Zn+2]. The molecule has 0 spiro atoms. The molecule has 192 valence electrons. The van der Waals surface area contributed by atoms with E-state index < -0.39 is 46.9 Å². The first kappa shape index (κ1) is 60.5. The third-order valence-corrected chi connectivity index (χ3v) is 0. The Hall–Kier alpha value is 2.98. The van der Waals surface area contributed by atoms with Gasteiger partial charge in [0.15, 0.2) is 0 Å². The van der Waals surface area contributed by atoms with Crippen molar-refractivity contribution in [1.29, 1.82) is 0 Å². The molecule has 0 aromatic rings. The molecule has 0 bridgehead atoms. The fraction of sp³-hybridized carbons (Fsp3) is 0. The molecule has 0 rings (SSSR count). The average molecular weight is 697 g/mol. The summed E-state index contributed by atoms with van der Waals surface area (Å²) in [7, 11) is -29.3.